The van der Waals surface area contributed by atoms with E-state index in [-0.39, 0.29) is 11.6 Å². The smallest absolute Gasteiger partial charge is 0.123 e. The van der Waals surface area contributed by atoms with Gasteiger partial charge in [0.1, 0.15) is 11.6 Å². The average Bonchev–Trinajstić information content (AvgIpc) is 2.32. The van der Waals surface area contributed by atoms with Crippen molar-refractivity contribution in [2.75, 3.05) is 20.1 Å². The van der Waals surface area contributed by atoms with Gasteiger partial charge in [0.15, 0.2) is 0 Å². The van der Waals surface area contributed by atoms with Crippen molar-refractivity contribution in [3.8, 4) is 5.75 Å². The summed E-state index contributed by atoms with van der Waals surface area (Å²) in [6, 6.07) is 4.56. The Bertz CT molecular complexity index is 369. The molecule has 0 fully saturated rings. The normalized spacial score (nSPS) is 11.4. The topological polar surface area (TPSA) is 35.5 Å². The van der Waals surface area contributed by atoms with E-state index in [9.17, 15) is 9.50 Å². The summed E-state index contributed by atoms with van der Waals surface area (Å²) in [5, 5.41) is 12.7. The van der Waals surface area contributed by atoms with Crippen LogP contribution in [0.1, 0.15) is 25.8 Å². The molecule has 4 heteroatoms. The number of phenols is 1. The lowest BCUT2D eigenvalue weighted by Gasteiger charge is -2.20. The molecule has 18 heavy (non-hydrogen) atoms. The summed E-state index contributed by atoms with van der Waals surface area (Å²) in [5.41, 5.74) is 0.604. The molecule has 0 radical (unpaired) electrons. The van der Waals surface area contributed by atoms with Crippen LogP contribution in [0.4, 0.5) is 4.39 Å². The van der Waals surface area contributed by atoms with Gasteiger partial charge in [-0.05, 0) is 58.6 Å². The molecule has 3 nitrogen and oxygen atoms in total. The highest BCUT2D eigenvalue weighted by Gasteiger charge is 2.04. The number of phenolic OH excluding ortho intramolecular Hbond substituents is 1. The molecule has 0 bridgehead atoms. The predicted molar refractivity (Wildman–Crippen MR) is 72.2 cm³/mol. The van der Waals surface area contributed by atoms with E-state index in [1.165, 1.54) is 18.2 Å². The van der Waals surface area contributed by atoms with E-state index in [0.717, 1.165) is 19.5 Å². The Morgan fingerprint density at radius 1 is 1.39 bits per heavy atom. The molecule has 0 atom stereocenters. The van der Waals surface area contributed by atoms with Gasteiger partial charge in [0.05, 0.1) is 0 Å². The van der Waals surface area contributed by atoms with Gasteiger partial charge in [-0.3, -0.25) is 0 Å². The third kappa shape index (κ3) is 5.02. The van der Waals surface area contributed by atoms with E-state index >= 15 is 0 Å². The first-order valence-electron chi connectivity index (χ1n) is 6.39. The Labute approximate surface area is 109 Å². The highest BCUT2D eigenvalue weighted by molar-refractivity contribution is 5.32. The maximum Gasteiger partial charge on any atom is 0.123 e. The molecule has 0 heterocycles. The van der Waals surface area contributed by atoms with Gasteiger partial charge in [-0.1, -0.05) is 0 Å². The third-order valence-electron chi connectivity index (χ3n) is 3.10. The summed E-state index contributed by atoms with van der Waals surface area (Å²) < 4.78 is 13.0. The summed E-state index contributed by atoms with van der Waals surface area (Å²) >= 11 is 0. The van der Waals surface area contributed by atoms with Gasteiger partial charge in [-0.15, -0.1) is 0 Å². The fourth-order valence-electron chi connectivity index (χ4n) is 1.63. The van der Waals surface area contributed by atoms with Crippen molar-refractivity contribution in [3.05, 3.63) is 29.6 Å². The number of hydrogen-bond acceptors (Lipinski definition) is 3. The van der Waals surface area contributed by atoms with Crippen molar-refractivity contribution >= 4 is 0 Å². The zero-order valence-corrected chi connectivity index (χ0v) is 11.4. The number of halogens is 1. The Morgan fingerprint density at radius 3 is 2.78 bits per heavy atom. The van der Waals surface area contributed by atoms with Crippen molar-refractivity contribution in [1.29, 1.82) is 0 Å². The monoisotopic (exact) mass is 254 g/mol. The fraction of sp³-hybridized carbons (Fsp3) is 0.571. The van der Waals surface area contributed by atoms with Gasteiger partial charge >= 0.3 is 0 Å². The minimum Gasteiger partial charge on any atom is -0.508 e. The first-order valence-corrected chi connectivity index (χ1v) is 6.39. The maximum absolute atomic E-state index is 13.0. The first-order chi connectivity index (χ1) is 8.50. The van der Waals surface area contributed by atoms with Crippen LogP contribution in [-0.4, -0.2) is 36.2 Å². The molecule has 0 aliphatic rings. The lowest BCUT2D eigenvalue weighted by atomic mass is 10.2. The summed E-state index contributed by atoms with van der Waals surface area (Å²) in [6.45, 7) is 6.71. The van der Waals surface area contributed by atoms with E-state index < -0.39 is 0 Å². The summed E-state index contributed by atoms with van der Waals surface area (Å²) in [7, 11) is 2.10. The lowest BCUT2D eigenvalue weighted by molar-refractivity contribution is 0.269. The highest BCUT2D eigenvalue weighted by atomic mass is 19.1. The van der Waals surface area contributed by atoms with E-state index in [4.69, 9.17) is 0 Å². The number of rotatable bonds is 7. The zero-order chi connectivity index (χ0) is 13.5. The van der Waals surface area contributed by atoms with E-state index in [1.54, 1.807) is 0 Å². The molecule has 1 aromatic rings. The molecule has 0 saturated carbocycles. The molecular formula is C14H23FN2O. The van der Waals surface area contributed by atoms with Gasteiger partial charge in [0.2, 0.25) is 0 Å². The van der Waals surface area contributed by atoms with Crippen LogP contribution in [0.2, 0.25) is 0 Å². The molecule has 0 aromatic heterocycles. The van der Waals surface area contributed by atoms with Gasteiger partial charge in [0, 0.05) is 18.2 Å². The van der Waals surface area contributed by atoms with E-state index in [1.807, 2.05) is 0 Å². The number of nitrogens with zero attached hydrogens (tertiary/aromatic N) is 1. The van der Waals surface area contributed by atoms with Crippen LogP contribution in [0.25, 0.3) is 0 Å². The molecule has 0 aliphatic heterocycles. The Hall–Kier alpha value is -1.13. The zero-order valence-electron chi connectivity index (χ0n) is 11.4. The number of hydrogen-bond donors (Lipinski definition) is 2. The molecule has 0 aliphatic carbocycles. The molecule has 0 amide bonds. The van der Waals surface area contributed by atoms with Crippen molar-refractivity contribution in [3.63, 3.8) is 0 Å². The van der Waals surface area contributed by atoms with Crippen LogP contribution in [-0.2, 0) is 6.54 Å². The minimum absolute atomic E-state index is 0.142. The van der Waals surface area contributed by atoms with Crippen molar-refractivity contribution in [2.45, 2.75) is 32.9 Å². The summed E-state index contributed by atoms with van der Waals surface area (Å²) in [4.78, 5) is 2.28. The average molecular weight is 254 g/mol. The SMILES string of the molecule is CC(C)N(C)CCCNCc1cc(F)ccc1O. The Morgan fingerprint density at radius 2 is 2.11 bits per heavy atom. The van der Waals surface area contributed by atoms with Crippen molar-refractivity contribution < 1.29 is 9.50 Å². The van der Waals surface area contributed by atoms with Crippen molar-refractivity contribution in [1.82, 2.24) is 10.2 Å². The van der Waals surface area contributed by atoms with E-state index in [0.29, 0.717) is 18.2 Å². The van der Waals surface area contributed by atoms with Crippen LogP contribution in [0.15, 0.2) is 18.2 Å². The van der Waals surface area contributed by atoms with Gasteiger partial charge in [-0.2, -0.15) is 0 Å². The van der Waals surface area contributed by atoms with Gasteiger partial charge in [-0.25, -0.2) is 4.39 Å². The van der Waals surface area contributed by atoms with Gasteiger partial charge in [0.25, 0.3) is 0 Å². The van der Waals surface area contributed by atoms with Crippen LogP contribution < -0.4 is 5.32 Å². The predicted octanol–water partition coefficient (Wildman–Crippen LogP) is 2.35. The van der Waals surface area contributed by atoms with Crippen molar-refractivity contribution in [2.24, 2.45) is 0 Å². The molecule has 0 unspecified atom stereocenters. The first kappa shape index (κ1) is 14.9. The van der Waals surface area contributed by atoms with Gasteiger partial charge < -0.3 is 15.3 Å². The number of benzene rings is 1. The highest BCUT2D eigenvalue weighted by Crippen LogP contribution is 2.17. The fourth-order valence-corrected chi connectivity index (χ4v) is 1.63. The second kappa shape index (κ2) is 7.34. The third-order valence-corrected chi connectivity index (χ3v) is 3.10. The second-order valence-electron chi connectivity index (χ2n) is 4.88. The quantitative estimate of drug-likeness (QED) is 0.733. The van der Waals surface area contributed by atoms with E-state index in [2.05, 4.69) is 31.1 Å². The van der Waals surface area contributed by atoms with Crippen LogP contribution in [0, 0.1) is 5.82 Å². The largest absolute Gasteiger partial charge is 0.508 e. The molecule has 1 aromatic carbocycles. The number of nitrogens with one attached hydrogen (secondary N) is 1. The maximum atomic E-state index is 13.0. The molecule has 2 N–H and O–H groups in total. The summed E-state index contributed by atoms with van der Waals surface area (Å²) in [5.74, 6) is -0.174. The molecule has 102 valence electrons. The Kier molecular flexibility index (Phi) is 6.09. The standard InChI is InChI=1S/C14H23FN2O/c1-11(2)17(3)8-4-7-16-10-12-9-13(15)5-6-14(12)18/h5-6,9,11,16,18H,4,7-8,10H2,1-3H3. The summed E-state index contributed by atoms with van der Waals surface area (Å²) in [6.07, 6.45) is 1.03. The Balaban J connectivity index is 2.24. The second-order valence-corrected chi connectivity index (χ2v) is 4.88. The minimum atomic E-state index is -0.316. The van der Waals surface area contributed by atoms with Crippen LogP contribution >= 0.6 is 0 Å². The van der Waals surface area contributed by atoms with Crippen LogP contribution in [0.5, 0.6) is 5.75 Å². The lowest BCUT2D eigenvalue weighted by Crippen LogP contribution is -2.29. The molecule has 0 spiro atoms. The van der Waals surface area contributed by atoms with Crippen LogP contribution in [0.3, 0.4) is 0 Å². The molecular weight excluding hydrogens is 231 g/mol. The molecule has 1 rings (SSSR count). The number of aromatic hydroxyl groups is 1. The molecule has 0 saturated heterocycles.